The summed E-state index contributed by atoms with van der Waals surface area (Å²) in [6.45, 7) is 3.79. The highest BCUT2D eigenvalue weighted by molar-refractivity contribution is 6.00. The molecule has 0 aromatic rings. The summed E-state index contributed by atoms with van der Waals surface area (Å²) in [5, 5.41) is 0. The molecule has 1 aliphatic rings. The molecular formula is C10H14O2. The van der Waals surface area contributed by atoms with Gasteiger partial charge in [-0.3, -0.25) is 9.59 Å². The predicted octanol–water partition coefficient (Wildman–Crippen LogP) is 1.89. The summed E-state index contributed by atoms with van der Waals surface area (Å²) < 4.78 is 0. The number of rotatable bonds is 1. The van der Waals surface area contributed by atoms with E-state index in [-0.39, 0.29) is 5.78 Å². The second-order valence-electron chi connectivity index (χ2n) is 3.55. The SMILES string of the molecule is C/C(C=O)=C1\CC[C@H](C)CC1=O. The molecule has 66 valence electrons. The maximum atomic E-state index is 11.4. The zero-order valence-electron chi connectivity index (χ0n) is 7.59. The van der Waals surface area contributed by atoms with Gasteiger partial charge in [0.05, 0.1) is 0 Å². The van der Waals surface area contributed by atoms with Crippen LogP contribution >= 0.6 is 0 Å². The highest BCUT2D eigenvalue weighted by Crippen LogP contribution is 2.26. The van der Waals surface area contributed by atoms with Crippen molar-refractivity contribution in [1.29, 1.82) is 0 Å². The smallest absolute Gasteiger partial charge is 0.159 e. The van der Waals surface area contributed by atoms with Gasteiger partial charge in [-0.05, 0) is 31.3 Å². The topological polar surface area (TPSA) is 34.1 Å². The lowest BCUT2D eigenvalue weighted by atomic mass is 9.84. The third kappa shape index (κ3) is 1.81. The maximum Gasteiger partial charge on any atom is 0.159 e. The van der Waals surface area contributed by atoms with E-state index in [2.05, 4.69) is 6.92 Å². The first-order valence-corrected chi connectivity index (χ1v) is 4.33. The van der Waals surface area contributed by atoms with Crippen LogP contribution in [-0.2, 0) is 9.59 Å². The van der Waals surface area contributed by atoms with Gasteiger partial charge in [0.15, 0.2) is 5.78 Å². The lowest BCUT2D eigenvalue weighted by Crippen LogP contribution is -2.16. The van der Waals surface area contributed by atoms with Crippen molar-refractivity contribution in [2.75, 3.05) is 0 Å². The van der Waals surface area contributed by atoms with Gasteiger partial charge < -0.3 is 0 Å². The maximum absolute atomic E-state index is 11.4. The molecule has 0 heterocycles. The van der Waals surface area contributed by atoms with Gasteiger partial charge >= 0.3 is 0 Å². The van der Waals surface area contributed by atoms with Crippen molar-refractivity contribution in [1.82, 2.24) is 0 Å². The number of hydrogen-bond acceptors (Lipinski definition) is 2. The van der Waals surface area contributed by atoms with Crippen LogP contribution in [0.5, 0.6) is 0 Å². The summed E-state index contributed by atoms with van der Waals surface area (Å²) in [5.41, 5.74) is 1.37. The van der Waals surface area contributed by atoms with E-state index < -0.39 is 0 Å². The first-order chi connectivity index (χ1) is 5.65. The van der Waals surface area contributed by atoms with Crippen molar-refractivity contribution in [3.05, 3.63) is 11.1 Å². The lowest BCUT2D eigenvalue weighted by molar-refractivity contribution is -0.117. The summed E-state index contributed by atoms with van der Waals surface area (Å²) in [6.07, 6.45) is 3.21. The fourth-order valence-electron chi connectivity index (χ4n) is 1.56. The first kappa shape index (κ1) is 9.17. The Hall–Kier alpha value is -0.920. The third-order valence-corrected chi connectivity index (χ3v) is 2.41. The molecule has 0 saturated heterocycles. The van der Waals surface area contributed by atoms with Gasteiger partial charge in [-0.25, -0.2) is 0 Å². The number of aldehydes is 1. The number of allylic oxidation sites excluding steroid dienone is 2. The van der Waals surface area contributed by atoms with E-state index in [1.807, 2.05) is 0 Å². The summed E-state index contributed by atoms with van der Waals surface area (Å²) in [6, 6.07) is 0. The van der Waals surface area contributed by atoms with E-state index in [0.29, 0.717) is 17.9 Å². The Balaban J connectivity index is 2.81. The molecule has 0 aromatic carbocycles. The van der Waals surface area contributed by atoms with Crippen LogP contribution in [0, 0.1) is 5.92 Å². The molecule has 0 amide bonds. The zero-order valence-corrected chi connectivity index (χ0v) is 7.59. The van der Waals surface area contributed by atoms with Crippen LogP contribution < -0.4 is 0 Å². The van der Waals surface area contributed by atoms with Crippen molar-refractivity contribution >= 4 is 12.1 Å². The second-order valence-corrected chi connectivity index (χ2v) is 3.55. The van der Waals surface area contributed by atoms with Gasteiger partial charge in [-0.2, -0.15) is 0 Å². The van der Waals surface area contributed by atoms with E-state index in [0.717, 1.165) is 24.7 Å². The van der Waals surface area contributed by atoms with Crippen molar-refractivity contribution < 1.29 is 9.59 Å². The molecule has 1 fully saturated rings. The molecule has 0 unspecified atom stereocenters. The molecule has 0 radical (unpaired) electrons. The van der Waals surface area contributed by atoms with Crippen LogP contribution in [0.2, 0.25) is 0 Å². The van der Waals surface area contributed by atoms with Gasteiger partial charge in [-0.15, -0.1) is 0 Å². The zero-order chi connectivity index (χ0) is 9.14. The highest BCUT2D eigenvalue weighted by Gasteiger charge is 2.21. The molecule has 0 aromatic heterocycles. The Morgan fingerprint density at radius 1 is 1.58 bits per heavy atom. The molecule has 0 bridgehead atoms. The van der Waals surface area contributed by atoms with Gasteiger partial charge in [-0.1, -0.05) is 6.92 Å². The van der Waals surface area contributed by atoms with Crippen molar-refractivity contribution in [3.63, 3.8) is 0 Å². The van der Waals surface area contributed by atoms with E-state index in [1.54, 1.807) is 6.92 Å². The molecule has 1 rings (SSSR count). The standard InChI is InChI=1S/C10H14O2/c1-7-3-4-9(8(2)6-11)10(12)5-7/h6-7H,3-5H2,1-2H3/b9-8-/t7-/m0/s1. The third-order valence-electron chi connectivity index (χ3n) is 2.41. The monoisotopic (exact) mass is 166 g/mol. The van der Waals surface area contributed by atoms with Crippen LogP contribution in [0.3, 0.4) is 0 Å². The molecule has 2 nitrogen and oxygen atoms in total. The van der Waals surface area contributed by atoms with E-state index >= 15 is 0 Å². The Bertz CT molecular complexity index is 238. The van der Waals surface area contributed by atoms with Crippen molar-refractivity contribution in [2.24, 2.45) is 5.92 Å². The normalized spacial score (nSPS) is 28.5. The quantitative estimate of drug-likeness (QED) is 0.440. The second kappa shape index (κ2) is 3.65. The van der Waals surface area contributed by atoms with Crippen LogP contribution in [-0.4, -0.2) is 12.1 Å². The molecule has 1 saturated carbocycles. The van der Waals surface area contributed by atoms with Crippen LogP contribution in [0.1, 0.15) is 33.1 Å². The largest absolute Gasteiger partial charge is 0.298 e. The number of Topliss-reactive ketones (excluding diaryl/α,β-unsaturated/α-hetero) is 1. The average molecular weight is 166 g/mol. The first-order valence-electron chi connectivity index (χ1n) is 4.33. The van der Waals surface area contributed by atoms with Crippen LogP contribution in [0.15, 0.2) is 11.1 Å². The minimum atomic E-state index is 0.165. The number of carbonyl (C=O) groups excluding carboxylic acids is 2. The Morgan fingerprint density at radius 3 is 2.75 bits per heavy atom. The average Bonchev–Trinajstić information content (AvgIpc) is 2.03. The fraction of sp³-hybridized carbons (Fsp3) is 0.600. The lowest BCUT2D eigenvalue weighted by Gasteiger charge is -2.19. The highest BCUT2D eigenvalue weighted by atomic mass is 16.1. The molecule has 0 N–H and O–H groups in total. The molecule has 12 heavy (non-hydrogen) atoms. The minimum absolute atomic E-state index is 0.165. The van der Waals surface area contributed by atoms with Crippen molar-refractivity contribution in [2.45, 2.75) is 33.1 Å². The fourth-order valence-corrected chi connectivity index (χ4v) is 1.56. The van der Waals surface area contributed by atoms with E-state index in [4.69, 9.17) is 0 Å². The van der Waals surface area contributed by atoms with E-state index in [9.17, 15) is 9.59 Å². The Kier molecular flexibility index (Phi) is 2.79. The van der Waals surface area contributed by atoms with Crippen LogP contribution in [0.4, 0.5) is 0 Å². The number of ketones is 1. The number of hydrogen-bond donors (Lipinski definition) is 0. The molecule has 1 aliphatic carbocycles. The minimum Gasteiger partial charge on any atom is -0.298 e. The summed E-state index contributed by atoms with van der Waals surface area (Å²) in [7, 11) is 0. The summed E-state index contributed by atoms with van der Waals surface area (Å²) >= 11 is 0. The number of carbonyl (C=O) groups is 2. The molecule has 2 heteroatoms. The van der Waals surface area contributed by atoms with Gasteiger partial charge in [0, 0.05) is 12.0 Å². The Morgan fingerprint density at radius 2 is 2.25 bits per heavy atom. The summed E-state index contributed by atoms with van der Waals surface area (Å²) in [4.78, 5) is 21.8. The van der Waals surface area contributed by atoms with E-state index in [1.165, 1.54) is 0 Å². The molecular weight excluding hydrogens is 152 g/mol. The van der Waals surface area contributed by atoms with Gasteiger partial charge in [0.1, 0.15) is 6.29 Å². The molecule has 1 atom stereocenters. The van der Waals surface area contributed by atoms with Gasteiger partial charge in [0.2, 0.25) is 0 Å². The van der Waals surface area contributed by atoms with Crippen LogP contribution in [0.25, 0.3) is 0 Å². The van der Waals surface area contributed by atoms with Crippen molar-refractivity contribution in [3.8, 4) is 0 Å². The Labute approximate surface area is 72.7 Å². The summed E-state index contributed by atoms with van der Waals surface area (Å²) in [5.74, 6) is 0.652. The predicted molar refractivity (Wildman–Crippen MR) is 46.8 cm³/mol. The molecule has 0 aliphatic heterocycles. The molecule has 0 spiro atoms. The van der Waals surface area contributed by atoms with Gasteiger partial charge in [0.25, 0.3) is 0 Å².